The number of nitrogens with zero attached hydrogens (tertiary/aromatic N) is 2. The molecular weight excluding hydrogens is 258 g/mol. The number of rotatable bonds is 4. The normalized spacial score (nSPS) is 10.4. The quantitative estimate of drug-likeness (QED) is 0.506. The third-order valence-corrected chi connectivity index (χ3v) is 3.20. The molecule has 0 bridgehead atoms. The minimum absolute atomic E-state index is 0.374. The van der Waals surface area contributed by atoms with E-state index in [1.165, 1.54) is 30.1 Å². The first-order chi connectivity index (χ1) is 8.69. The van der Waals surface area contributed by atoms with E-state index in [0.717, 1.165) is 6.07 Å². The van der Waals surface area contributed by atoms with Crippen LogP contribution in [-0.4, -0.2) is 9.97 Å². The molecule has 18 heavy (non-hydrogen) atoms. The van der Waals surface area contributed by atoms with Gasteiger partial charge in [0.25, 0.3) is 0 Å². The zero-order valence-electron chi connectivity index (χ0n) is 9.23. The summed E-state index contributed by atoms with van der Waals surface area (Å²) >= 11 is 1.23. The molecule has 0 spiro atoms. The average Bonchev–Trinajstić information content (AvgIpc) is 2.38. The van der Waals surface area contributed by atoms with Crippen molar-refractivity contribution in [3.8, 4) is 0 Å². The maximum atomic E-state index is 13.3. The number of nitrogen functional groups attached to an aromatic ring is 1. The molecule has 1 heterocycles. The molecule has 2 rings (SSSR count). The van der Waals surface area contributed by atoms with Gasteiger partial charge < -0.3 is 5.43 Å². The van der Waals surface area contributed by atoms with Crippen LogP contribution in [0.2, 0.25) is 0 Å². The third kappa shape index (κ3) is 3.14. The van der Waals surface area contributed by atoms with E-state index in [9.17, 15) is 8.78 Å². The van der Waals surface area contributed by atoms with E-state index < -0.39 is 11.6 Å². The summed E-state index contributed by atoms with van der Waals surface area (Å²) in [6.45, 7) is 0. The molecule has 2 aromatic rings. The summed E-state index contributed by atoms with van der Waals surface area (Å²) in [6.07, 6.45) is 3.03. The van der Waals surface area contributed by atoms with Crippen LogP contribution in [0.25, 0.3) is 0 Å². The highest BCUT2D eigenvalue weighted by Gasteiger charge is 2.05. The lowest BCUT2D eigenvalue weighted by Gasteiger charge is -2.03. The number of nitrogens with two attached hydrogens (primary N) is 1. The van der Waals surface area contributed by atoms with Gasteiger partial charge in [-0.15, -0.1) is 11.8 Å². The topological polar surface area (TPSA) is 63.8 Å². The van der Waals surface area contributed by atoms with Gasteiger partial charge in [0.2, 0.25) is 0 Å². The Morgan fingerprint density at radius 1 is 1.22 bits per heavy atom. The van der Waals surface area contributed by atoms with Crippen LogP contribution in [0.4, 0.5) is 14.6 Å². The van der Waals surface area contributed by atoms with Gasteiger partial charge in [0.1, 0.15) is 11.6 Å². The Balaban J connectivity index is 2.02. The molecule has 0 atom stereocenters. The number of anilines is 1. The number of benzene rings is 1. The zero-order chi connectivity index (χ0) is 13.0. The first kappa shape index (κ1) is 12.7. The Hall–Kier alpha value is -1.73. The molecule has 0 amide bonds. The van der Waals surface area contributed by atoms with Gasteiger partial charge in [-0.25, -0.2) is 19.6 Å². The first-order valence-corrected chi connectivity index (χ1v) is 6.03. The molecule has 7 heteroatoms. The molecule has 0 saturated carbocycles. The number of nitrogens with one attached hydrogen (secondary N) is 1. The van der Waals surface area contributed by atoms with Gasteiger partial charge in [0, 0.05) is 16.7 Å². The number of hydrogen-bond donors (Lipinski definition) is 2. The Labute approximate surface area is 107 Å². The summed E-state index contributed by atoms with van der Waals surface area (Å²) in [5.74, 6) is 4.89. The largest absolute Gasteiger partial charge is 0.307 e. The molecule has 3 N–H and O–H groups in total. The summed E-state index contributed by atoms with van der Waals surface area (Å²) in [5.41, 5.74) is 3.04. The van der Waals surface area contributed by atoms with Gasteiger partial charge in [-0.05, 0) is 12.1 Å². The van der Waals surface area contributed by atoms with Crippen LogP contribution < -0.4 is 11.3 Å². The van der Waals surface area contributed by atoms with Crippen LogP contribution in [0.1, 0.15) is 5.69 Å². The number of aromatic nitrogens is 2. The van der Waals surface area contributed by atoms with Gasteiger partial charge in [-0.1, -0.05) is 0 Å². The van der Waals surface area contributed by atoms with Crippen molar-refractivity contribution in [3.63, 3.8) is 0 Å². The van der Waals surface area contributed by atoms with Crippen molar-refractivity contribution in [1.82, 2.24) is 9.97 Å². The maximum absolute atomic E-state index is 13.3. The second-order valence-corrected chi connectivity index (χ2v) is 4.42. The second kappa shape index (κ2) is 5.74. The van der Waals surface area contributed by atoms with E-state index in [2.05, 4.69) is 15.4 Å². The van der Waals surface area contributed by atoms with Crippen molar-refractivity contribution in [2.45, 2.75) is 10.6 Å². The fourth-order valence-corrected chi connectivity index (χ4v) is 2.06. The lowest BCUT2D eigenvalue weighted by Crippen LogP contribution is -2.08. The molecule has 0 fully saturated rings. The van der Waals surface area contributed by atoms with E-state index >= 15 is 0 Å². The average molecular weight is 268 g/mol. The highest BCUT2D eigenvalue weighted by molar-refractivity contribution is 7.98. The first-order valence-electron chi connectivity index (χ1n) is 5.04. The minimum atomic E-state index is -0.588. The number of hydrazine groups is 1. The predicted molar refractivity (Wildman–Crippen MR) is 65.8 cm³/mol. The van der Waals surface area contributed by atoms with Gasteiger partial charge in [-0.2, -0.15) is 0 Å². The summed E-state index contributed by atoms with van der Waals surface area (Å²) < 4.78 is 26.1. The number of halogens is 2. The van der Waals surface area contributed by atoms with Gasteiger partial charge in [-0.3, -0.25) is 4.98 Å². The maximum Gasteiger partial charge on any atom is 0.158 e. The Morgan fingerprint density at radius 2 is 2.06 bits per heavy atom. The van der Waals surface area contributed by atoms with Crippen LogP contribution in [-0.2, 0) is 5.75 Å². The van der Waals surface area contributed by atoms with Crippen molar-refractivity contribution in [1.29, 1.82) is 0 Å². The van der Waals surface area contributed by atoms with Crippen LogP contribution in [0.5, 0.6) is 0 Å². The lowest BCUT2D eigenvalue weighted by atomic mass is 10.3. The summed E-state index contributed by atoms with van der Waals surface area (Å²) in [7, 11) is 0. The Morgan fingerprint density at radius 3 is 2.67 bits per heavy atom. The summed E-state index contributed by atoms with van der Waals surface area (Å²) in [4.78, 5) is 8.44. The van der Waals surface area contributed by atoms with E-state index in [4.69, 9.17) is 5.84 Å². The van der Waals surface area contributed by atoms with E-state index in [0.29, 0.717) is 22.2 Å². The SMILES string of the molecule is NNc1cnc(CSc2ccc(F)cc2F)cn1. The number of thioether (sulfide) groups is 1. The van der Waals surface area contributed by atoms with Crippen LogP contribution in [0, 0.1) is 11.6 Å². The molecule has 0 aliphatic heterocycles. The van der Waals surface area contributed by atoms with Crippen molar-refractivity contribution >= 4 is 17.6 Å². The fraction of sp³-hybridized carbons (Fsp3) is 0.0909. The smallest absolute Gasteiger partial charge is 0.158 e. The van der Waals surface area contributed by atoms with E-state index in [1.807, 2.05) is 0 Å². The Kier molecular flexibility index (Phi) is 4.06. The minimum Gasteiger partial charge on any atom is -0.307 e. The molecule has 0 saturated heterocycles. The van der Waals surface area contributed by atoms with Crippen molar-refractivity contribution in [2.75, 3.05) is 5.43 Å². The van der Waals surface area contributed by atoms with Gasteiger partial charge in [0.15, 0.2) is 5.82 Å². The molecule has 0 aliphatic rings. The van der Waals surface area contributed by atoms with Crippen molar-refractivity contribution in [2.24, 2.45) is 5.84 Å². The standard InChI is InChI=1S/C11H10F2N4S/c12-7-1-2-10(9(13)3-7)18-6-8-4-16-11(17-14)5-15-8/h1-5H,6,14H2,(H,16,17). The highest BCUT2D eigenvalue weighted by atomic mass is 32.2. The van der Waals surface area contributed by atoms with Gasteiger partial charge in [0.05, 0.1) is 18.1 Å². The second-order valence-electron chi connectivity index (χ2n) is 3.40. The summed E-state index contributed by atoms with van der Waals surface area (Å²) in [5, 5.41) is 0. The van der Waals surface area contributed by atoms with Gasteiger partial charge >= 0.3 is 0 Å². The molecular formula is C11H10F2N4S. The zero-order valence-corrected chi connectivity index (χ0v) is 10.0. The molecule has 1 aromatic carbocycles. The lowest BCUT2D eigenvalue weighted by molar-refractivity contribution is 0.565. The summed E-state index contributed by atoms with van der Waals surface area (Å²) in [6, 6.07) is 3.48. The molecule has 94 valence electrons. The fourth-order valence-electron chi connectivity index (χ4n) is 1.25. The van der Waals surface area contributed by atoms with Crippen LogP contribution >= 0.6 is 11.8 Å². The molecule has 0 radical (unpaired) electrons. The molecule has 0 aliphatic carbocycles. The molecule has 0 unspecified atom stereocenters. The predicted octanol–water partition coefficient (Wildman–Crippen LogP) is 2.33. The van der Waals surface area contributed by atoms with E-state index in [-0.39, 0.29) is 0 Å². The molecule has 1 aromatic heterocycles. The molecule has 4 nitrogen and oxygen atoms in total. The van der Waals surface area contributed by atoms with Crippen LogP contribution in [0.15, 0.2) is 35.5 Å². The van der Waals surface area contributed by atoms with Crippen molar-refractivity contribution in [3.05, 3.63) is 47.9 Å². The monoisotopic (exact) mass is 268 g/mol. The Bertz CT molecular complexity index is 533. The number of hydrogen-bond acceptors (Lipinski definition) is 5. The van der Waals surface area contributed by atoms with Crippen LogP contribution in [0.3, 0.4) is 0 Å². The van der Waals surface area contributed by atoms with E-state index in [1.54, 1.807) is 6.20 Å². The van der Waals surface area contributed by atoms with Crippen molar-refractivity contribution < 1.29 is 8.78 Å². The third-order valence-electron chi connectivity index (χ3n) is 2.12. The highest BCUT2D eigenvalue weighted by Crippen LogP contribution is 2.25.